The number of benzene rings is 2. The Balaban J connectivity index is 2.21. The van der Waals surface area contributed by atoms with Gasteiger partial charge in [0.2, 0.25) is 5.91 Å². The summed E-state index contributed by atoms with van der Waals surface area (Å²) in [6, 6.07) is 12.0. The van der Waals surface area contributed by atoms with E-state index < -0.39 is 6.04 Å². The fraction of sp³-hybridized carbons (Fsp3) is 0.364. The molecule has 0 fully saturated rings. The maximum Gasteiger partial charge on any atom is 0.261 e. The minimum atomic E-state index is -0.612. The lowest BCUT2D eigenvalue weighted by Gasteiger charge is -2.30. The lowest BCUT2D eigenvalue weighted by Crippen LogP contribution is -2.50. The lowest BCUT2D eigenvalue weighted by atomic mass is 10.1. The van der Waals surface area contributed by atoms with Gasteiger partial charge in [0, 0.05) is 16.7 Å². The van der Waals surface area contributed by atoms with Crippen LogP contribution in [-0.2, 0) is 16.1 Å². The Labute approximate surface area is 201 Å². The number of carbonyl (C=O) groups is 2. The third-order valence-corrected chi connectivity index (χ3v) is 5.91. The molecule has 2 rings (SSSR count). The number of hydrogen-bond acceptors (Lipinski definition) is 3. The number of halogens is 3. The van der Waals surface area contributed by atoms with Crippen molar-refractivity contribution in [1.82, 2.24) is 10.2 Å². The van der Waals surface area contributed by atoms with E-state index in [9.17, 15) is 9.59 Å². The van der Waals surface area contributed by atoms with Gasteiger partial charge >= 0.3 is 0 Å². The van der Waals surface area contributed by atoms with Crippen LogP contribution in [0.4, 0.5) is 0 Å². The predicted molar refractivity (Wildman–Crippen MR) is 129 cm³/mol. The van der Waals surface area contributed by atoms with Crippen molar-refractivity contribution in [2.45, 2.75) is 39.3 Å². The van der Waals surface area contributed by atoms with E-state index in [4.69, 9.17) is 27.9 Å². The van der Waals surface area contributed by atoms with Crippen LogP contribution in [0.1, 0.15) is 32.3 Å². The first-order valence-corrected chi connectivity index (χ1v) is 11.6. The monoisotopic (exact) mass is 562 g/mol. The van der Waals surface area contributed by atoms with Gasteiger partial charge in [0.1, 0.15) is 11.8 Å². The van der Waals surface area contributed by atoms with Gasteiger partial charge in [-0.3, -0.25) is 9.59 Å². The lowest BCUT2D eigenvalue weighted by molar-refractivity contribution is -0.143. The Morgan fingerprint density at radius 1 is 1.10 bits per heavy atom. The average Bonchev–Trinajstić information content (AvgIpc) is 2.74. The Morgan fingerprint density at radius 2 is 1.80 bits per heavy atom. The summed E-state index contributed by atoms with van der Waals surface area (Å²) in [4.78, 5) is 27.3. The third-order valence-electron chi connectivity index (χ3n) is 4.45. The van der Waals surface area contributed by atoms with Crippen LogP contribution in [-0.4, -0.2) is 35.9 Å². The van der Waals surface area contributed by atoms with Gasteiger partial charge in [-0.1, -0.05) is 43.1 Å². The molecule has 1 atom stereocenters. The molecule has 0 radical (unpaired) electrons. The number of nitrogens with one attached hydrogen (secondary N) is 1. The molecule has 0 heterocycles. The minimum absolute atomic E-state index is 0.167. The summed E-state index contributed by atoms with van der Waals surface area (Å²) in [6.07, 6.45) is 1.30. The standard InChI is InChI=1S/C22H25Cl2IN2O3/c1-3-11-26-22(29)20(4-2)27(13-15-5-10-18(23)19(24)12-15)21(28)14-30-17-8-6-16(25)7-9-17/h5-10,12,20H,3-4,11,13-14H2,1-2H3,(H,26,29). The second kappa shape index (κ2) is 12.4. The molecule has 0 aliphatic carbocycles. The van der Waals surface area contributed by atoms with E-state index in [0.717, 1.165) is 15.6 Å². The molecule has 1 N–H and O–H groups in total. The van der Waals surface area contributed by atoms with E-state index >= 15 is 0 Å². The summed E-state index contributed by atoms with van der Waals surface area (Å²) >= 11 is 14.3. The second-order valence-electron chi connectivity index (χ2n) is 6.73. The largest absolute Gasteiger partial charge is 0.484 e. The Kier molecular flexibility index (Phi) is 10.2. The smallest absolute Gasteiger partial charge is 0.261 e. The molecular formula is C22H25Cl2IN2O3. The van der Waals surface area contributed by atoms with Gasteiger partial charge in [-0.25, -0.2) is 0 Å². The van der Waals surface area contributed by atoms with Gasteiger partial charge in [-0.15, -0.1) is 0 Å². The highest BCUT2D eigenvalue weighted by Crippen LogP contribution is 2.24. The highest BCUT2D eigenvalue weighted by Gasteiger charge is 2.28. The van der Waals surface area contributed by atoms with Crippen molar-refractivity contribution in [1.29, 1.82) is 0 Å². The zero-order valence-electron chi connectivity index (χ0n) is 17.0. The molecule has 0 aliphatic heterocycles. The van der Waals surface area contributed by atoms with E-state index in [1.165, 1.54) is 4.90 Å². The van der Waals surface area contributed by atoms with Crippen LogP contribution in [0.2, 0.25) is 10.0 Å². The fourth-order valence-corrected chi connectivity index (χ4v) is 3.56. The van der Waals surface area contributed by atoms with Gasteiger partial charge < -0.3 is 15.0 Å². The highest BCUT2D eigenvalue weighted by atomic mass is 127. The zero-order valence-corrected chi connectivity index (χ0v) is 20.6. The van der Waals surface area contributed by atoms with Gasteiger partial charge in [-0.2, -0.15) is 0 Å². The SMILES string of the molecule is CCCNC(=O)C(CC)N(Cc1ccc(Cl)c(Cl)c1)C(=O)COc1ccc(I)cc1. The van der Waals surface area contributed by atoms with Crippen molar-refractivity contribution in [3.63, 3.8) is 0 Å². The third kappa shape index (κ3) is 7.32. The normalized spacial score (nSPS) is 11.6. The molecule has 162 valence electrons. The molecule has 8 heteroatoms. The number of hydrogen-bond donors (Lipinski definition) is 1. The first kappa shape index (κ1) is 24.8. The Morgan fingerprint density at radius 3 is 2.40 bits per heavy atom. The molecule has 2 amide bonds. The molecule has 30 heavy (non-hydrogen) atoms. The van der Waals surface area contributed by atoms with Crippen LogP contribution in [0.3, 0.4) is 0 Å². The molecule has 0 aliphatic rings. The summed E-state index contributed by atoms with van der Waals surface area (Å²) in [5.41, 5.74) is 0.786. The summed E-state index contributed by atoms with van der Waals surface area (Å²) in [5.74, 6) is 0.141. The summed E-state index contributed by atoms with van der Waals surface area (Å²) in [7, 11) is 0. The van der Waals surface area contributed by atoms with Crippen LogP contribution >= 0.6 is 45.8 Å². The number of nitrogens with zero attached hydrogens (tertiary/aromatic N) is 1. The highest BCUT2D eigenvalue weighted by molar-refractivity contribution is 14.1. The second-order valence-corrected chi connectivity index (χ2v) is 8.79. The van der Waals surface area contributed by atoms with Crippen molar-refractivity contribution in [2.75, 3.05) is 13.2 Å². The minimum Gasteiger partial charge on any atom is -0.484 e. The zero-order chi connectivity index (χ0) is 22.1. The molecular weight excluding hydrogens is 538 g/mol. The number of amides is 2. The average molecular weight is 563 g/mol. The number of carbonyl (C=O) groups excluding carboxylic acids is 2. The first-order valence-electron chi connectivity index (χ1n) is 9.75. The molecule has 1 unspecified atom stereocenters. The van der Waals surface area contributed by atoms with Crippen LogP contribution < -0.4 is 10.1 Å². The molecule has 5 nitrogen and oxygen atoms in total. The van der Waals surface area contributed by atoms with Gasteiger partial charge in [0.15, 0.2) is 6.61 Å². The quantitative estimate of drug-likeness (QED) is 0.399. The first-order chi connectivity index (χ1) is 14.3. The fourth-order valence-electron chi connectivity index (χ4n) is 2.88. The maximum absolute atomic E-state index is 13.1. The van der Waals surface area contributed by atoms with Crippen LogP contribution in [0.5, 0.6) is 5.75 Å². The van der Waals surface area contributed by atoms with E-state index in [1.807, 2.05) is 38.1 Å². The molecule has 0 saturated heterocycles. The van der Waals surface area contributed by atoms with Crippen molar-refractivity contribution >= 4 is 57.6 Å². The van der Waals surface area contributed by atoms with E-state index in [1.54, 1.807) is 18.2 Å². The van der Waals surface area contributed by atoms with Crippen LogP contribution in [0, 0.1) is 3.57 Å². The van der Waals surface area contributed by atoms with Crippen LogP contribution in [0.15, 0.2) is 42.5 Å². The van der Waals surface area contributed by atoms with Crippen LogP contribution in [0.25, 0.3) is 0 Å². The van der Waals surface area contributed by atoms with Crippen molar-refractivity contribution in [2.24, 2.45) is 0 Å². The Hall–Kier alpha value is -1.51. The molecule has 0 spiro atoms. The van der Waals surface area contributed by atoms with Gasteiger partial charge in [0.05, 0.1) is 10.0 Å². The molecule has 0 bridgehead atoms. The van der Waals surface area contributed by atoms with Crippen molar-refractivity contribution < 1.29 is 14.3 Å². The van der Waals surface area contributed by atoms with Crippen molar-refractivity contribution in [3.8, 4) is 5.75 Å². The van der Waals surface area contributed by atoms with Gasteiger partial charge in [-0.05, 0) is 77.4 Å². The van der Waals surface area contributed by atoms with Crippen molar-refractivity contribution in [3.05, 3.63) is 61.6 Å². The Bertz CT molecular complexity index is 862. The number of rotatable bonds is 10. The summed E-state index contributed by atoms with van der Waals surface area (Å²) in [6.45, 7) is 4.48. The molecule has 2 aromatic carbocycles. The van der Waals surface area contributed by atoms with Gasteiger partial charge in [0.25, 0.3) is 5.91 Å². The summed E-state index contributed by atoms with van der Waals surface area (Å²) in [5, 5.41) is 3.72. The predicted octanol–water partition coefficient (Wildman–Crippen LogP) is 5.31. The number of ether oxygens (including phenoxy) is 1. The molecule has 0 aromatic heterocycles. The molecule has 2 aromatic rings. The van der Waals surface area contributed by atoms with E-state index in [-0.39, 0.29) is 25.0 Å². The van der Waals surface area contributed by atoms with E-state index in [2.05, 4.69) is 27.9 Å². The maximum atomic E-state index is 13.1. The molecule has 0 saturated carbocycles. The topological polar surface area (TPSA) is 58.6 Å². The van der Waals surface area contributed by atoms with E-state index in [0.29, 0.717) is 28.8 Å². The summed E-state index contributed by atoms with van der Waals surface area (Å²) < 4.78 is 6.74.